The van der Waals surface area contributed by atoms with Gasteiger partial charge in [-0.15, -0.1) is 0 Å². The van der Waals surface area contributed by atoms with Crippen molar-refractivity contribution >= 4 is 22.8 Å². The minimum atomic E-state index is -0.435. The molecule has 0 unspecified atom stereocenters. The topological polar surface area (TPSA) is 85.8 Å². The van der Waals surface area contributed by atoms with E-state index < -0.39 is 5.82 Å². The van der Waals surface area contributed by atoms with Crippen LogP contribution in [0, 0.1) is 5.82 Å². The largest absolute Gasteiger partial charge is 0.491 e. The maximum atomic E-state index is 14.5. The third kappa shape index (κ3) is 5.02. The molecule has 0 radical (unpaired) electrons. The molecule has 8 heteroatoms. The van der Waals surface area contributed by atoms with Crippen molar-refractivity contribution in [1.29, 1.82) is 0 Å². The number of ether oxygens (including phenoxy) is 2. The molecule has 2 aromatic carbocycles. The van der Waals surface area contributed by atoms with Gasteiger partial charge in [-0.2, -0.15) is 9.37 Å². The number of rotatable bonds is 8. The van der Waals surface area contributed by atoms with Crippen LogP contribution >= 0.6 is 0 Å². The van der Waals surface area contributed by atoms with Crippen LogP contribution in [0.3, 0.4) is 0 Å². The molecule has 0 spiro atoms. The summed E-state index contributed by atoms with van der Waals surface area (Å²) in [5.41, 5.74) is 8.94. The summed E-state index contributed by atoms with van der Waals surface area (Å²) in [6.45, 7) is 7.05. The molecular formula is C23H29FN4O3. The molecule has 31 heavy (non-hydrogen) atoms. The van der Waals surface area contributed by atoms with Crippen LogP contribution in [0.15, 0.2) is 34.7 Å². The molecule has 7 nitrogen and oxygen atoms in total. The Labute approximate surface area is 181 Å². The number of hydrogen-bond acceptors (Lipinski definition) is 7. The number of anilines is 2. The van der Waals surface area contributed by atoms with E-state index in [9.17, 15) is 4.39 Å². The number of piperidine rings is 1. The van der Waals surface area contributed by atoms with Gasteiger partial charge in [-0.3, -0.25) is 4.90 Å². The highest BCUT2D eigenvalue weighted by molar-refractivity contribution is 5.78. The number of nitrogens with two attached hydrogens (primary N) is 1. The fraction of sp³-hybridized carbons (Fsp3) is 0.435. The highest BCUT2D eigenvalue weighted by Crippen LogP contribution is 2.30. The fourth-order valence-electron chi connectivity index (χ4n) is 3.91. The highest BCUT2D eigenvalue weighted by Gasteiger charge is 2.22. The molecule has 1 aliphatic heterocycles. The summed E-state index contributed by atoms with van der Waals surface area (Å²) in [4.78, 5) is 6.83. The van der Waals surface area contributed by atoms with Crippen LogP contribution in [0.1, 0.15) is 32.3 Å². The lowest BCUT2D eigenvalue weighted by molar-refractivity contribution is 0.209. The van der Waals surface area contributed by atoms with Gasteiger partial charge in [-0.1, -0.05) is 0 Å². The van der Waals surface area contributed by atoms with E-state index in [1.165, 1.54) is 0 Å². The number of hydrogen-bond donors (Lipinski definition) is 2. The Morgan fingerprint density at radius 3 is 2.45 bits per heavy atom. The van der Waals surface area contributed by atoms with Gasteiger partial charge in [0.2, 0.25) is 5.82 Å². The molecule has 2 heterocycles. The van der Waals surface area contributed by atoms with Gasteiger partial charge >= 0.3 is 0 Å². The van der Waals surface area contributed by atoms with Crippen molar-refractivity contribution in [2.45, 2.75) is 39.3 Å². The molecule has 0 aliphatic carbocycles. The molecule has 1 fully saturated rings. The molecule has 3 N–H and O–H groups in total. The van der Waals surface area contributed by atoms with Gasteiger partial charge in [-0.05, 0) is 62.6 Å². The third-order valence-corrected chi connectivity index (χ3v) is 5.40. The van der Waals surface area contributed by atoms with E-state index in [2.05, 4.69) is 15.2 Å². The first-order valence-corrected chi connectivity index (χ1v) is 10.8. The quantitative estimate of drug-likeness (QED) is 0.514. The van der Waals surface area contributed by atoms with Gasteiger partial charge in [0, 0.05) is 31.4 Å². The number of aromatic nitrogens is 1. The molecule has 1 aromatic heterocycles. The Hall–Kier alpha value is -3.00. The van der Waals surface area contributed by atoms with Crippen molar-refractivity contribution in [1.82, 2.24) is 9.88 Å². The van der Waals surface area contributed by atoms with Gasteiger partial charge in [0.15, 0.2) is 17.1 Å². The van der Waals surface area contributed by atoms with E-state index in [-0.39, 0.29) is 17.5 Å². The summed E-state index contributed by atoms with van der Waals surface area (Å²) in [6, 6.07) is 9.81. The zero-order valence-corrected chi connectivity index (χ0v) is 18.0. The van der Waals surface area contributed by atoms with Crippen molar-refractivity contribution in [2.24, 2.45) is 0 Å². The molecule has 166 valence electrons. The van der Waals surface area contributed by atoms with Crippen molar-refractivity contribution in [3.63, 3.8) is 0 Å². The minimum absolute atomic E-state index is 0.247. The number of nitrogens with zero attached hydrogens (tertiary/aromatic N) is 2. The maximum Gasteiger partial charge on any atom is 0.295 e. The Bertz CT molecular complexity index is 1000. The molecule has 3 aromatic rings. The van der Waals surface area contributed by atoms with Crippen LogP contribution in [0.4, 0.5) is 16.1 Å². The second kappa shape index (κ2) is 9.43. The number of oxazole rings is 1. The van der Waals surface area contributed by atoms with Crippen LogP contribution in [0.5, 0.6) is 11.5 Å². The van der Waals surface area contributed by atoms with Crippen LogP contribution in [0.25, 0.3) is 11.1 Å². The predicted molar refractivity (Wildman–Crippen MR) is 119 cm³/mol. The number of benzene rings is 2. The first-order valence-electron chi connectivity index (χ1n) is 10.8. The Kier molecular flexibility index (Phi) is 6.46. The lowest BCUT2D eigenvalue weighted by atomic mass is 10.0. The number of nitrogens with one attached hydrogen (secondary N) is 1. The van der Waals surface area contributed by atoms with E-state index >= 15 is 0 Å². The predicted octanol–water partition coefficient (Wildman–Crippen LogP) is 4.42. The van der Waals surface area contributed by atoms with Gasteiger partial charge in [-0.25, -0.2) is 0 Å². The summed E-state index contributed by atoms with van der Waals surface area (Å²) in [5.74, 6) is 0.0589. The summed E-state index contributed by atoms with van der Waals surface area (Å²) < 4.78 is 31.2. The molecule has 0 amide bonds. The Morgan fingerprint density at radius 2 is 1.81 bits per heavy atom. The normalized spacial score (nSPS) is 15.3. The number of likely N-dealkylation sites (tertiary alicyclic amines) is 1. The first kappa shape index (κ1) is 21.2. The lowest BCUT2D eigenvalue weighted by Crippen LogP contribution is -2.38. The Morgan fingerprint density at radius 1 is 1.13 bits per heavy atom. The number of halogens is 1. The Balaban J connectivity index is 1.36. The summed E-state index contributed by atoms with van der Waals surface area (Å²) in [6.07, 6.45) is 1.91. The average molecular weight is 429 g/mol. The average Bonchev–Trinajstić information content (AvgIpc) is 3.14. The summed E-state index contributed by atoms with van der Waals surface area (Å²) >= 11 is 0. The molecule has 0 saturated carbocycles. The van der Waals surface area contributed by atoms with E-state index in [0.29, 0.717) is 24.9 Å². The minimum Gasteiger partial charge on any atom is -0.491 e. The molecule has 4 rings (SSSR count). The maximum absolute atomic E-state index is 14.5. The van der Waals surface area contributed by atoms with Gasteiger partial charge in [0.1, 0.15) is 5.52 Å². The van der Waals surface area contributed by atoms with Crippen molar-refractivity contribution < 1.29 is 18.3 Å². The van der Waals surface area contributed by atoms with E-state index in [1.807, 2.05) is 26.0 Å². The molecule has 1 aliphatic rings. The lowest BCUT2D eigenvalue weighted by Gasteiger charge is -2.32. The molecule has 1 saturated heterocycles. The fourth-order valence-corrected chi connectivity index (χ4v) is 3.91. The molecule has 0 atom stereocenters. The summed E-state index contributed by atoms with van der Waals surface area (Å²) in [7, 11) is 0. The zero-order valence-electron chi connectivity index (χ0n) is 18.0. The van der Waals surface area contributed by atoms with E-state index in [1.54, 1.807) is 18.2 Å². The second-order valence-electron chi connectivity index (χ2n) is 7.71. The van der Waals surface area contributed by atoms with Gasteiger partial charge in [0.05, 0.1) is 13.2 Å². The second-order valence-corrected chi connectivity index (χ2v) is 7.71. The van der Waals surface area contributed by atoms with Crippen LogP contribution in [-0.4, -0.2) is 42.2 Å². The van der Waals surface area contributed by atoms with Gasteiger partial charge < -0.3 is 24.9 Å². The monoisotopic (exact) mass is 428 g/mol. The van der Waals surface area contributed by atoms with Crippen molar-refractivity contribution in [3.8, 4) is 11.5 Å². The van der Waals surface area contributed by atoms with Crippen molar-refractivity contribution in [3.05, 3.63) is 41.7 Å². The van der Waals surface area contributed by atoms with Gasteiger partial charge in [0.25, 0.3) is 6.01 Å². The van der Waals surface area contributed by atoms with E-state index in [4.69, 9.17) is 19.6 Å². The highest BCUT2D eigenvalue weighted by atomic mass is 19.1. The van der Waals surface area contributed by atoms with Crippen LogP contribution in [0.2, 0.25) is 0 Å². The third-order valence-electron chi connectivity index (χ3n) is 5.40. The first-order chi connectivity index (χ1) is 15.1. The van der Waals surface area contributed by atoms with Crippen LogP contribution in [-0.2, 0) is 6.54 Å². The van der Waals surface area contributed by atoms with E-state index in [0.717, 1.165) is 49.1 Å². The smallest absolute Gasteiger partial charge is 0.295 e. The number of nitrogen functional groups attached to an aromatic ring is 1. The van der Waals surface area contributed by atoms with Crippen LogP contribution < -0.4 is 20.5 Å². The standard InChI is InChI=1S/C23H29FN4O3/c1-3-29-20-11-15(12-21(22(20)24)30-4-2)14-28-9-7-17(8-10-28)26-23-27-18-13-16(25)5-6-19(18)31-23/h5-6,11-13,17H,3-4,7-10,14,25H2,1-2H3,(H,26,27). The zero-order chi connectivity index (χ0) is 21.8. The van der Waals surface area contributed by atoms with Crippen molar-refractivity contribution in [2.75, 3.05) is 37.4 Å². The summed E-state index contributed by atoms with van der Waals surface area (Å²) in [5, 5.41) is 3.40. The SMILES string of the molecule is CCOc1cc(CN2CCC(Nc3nc4cc(N)ccc4o3)CC2)cc(OCC)c1F. The molecule has 0 bridgehead atoms. The number of fused-ring (bicyclic) bond motifs is 1. The molecular weight excluding hydrogens is 399 g/mol.